The molecule has 0 fully saturated rings. The van der Waals surface area contributed by atoms with E-state index < -0.39 is 0 Å². The van der Waals surface area contributed by atoms with Crippen LogP contribution in [0, 0.1) is 17.0 Å². The minimum atomic E-state index is -0.101. The molecule has 0 bridgehead atoms. The van der Waals surface area contributed by atoms with Gasteiger partial charge in [0.05, 0.1) is 0 Å². The molecule has 0 aliphatic carbocycles. The second kappa shape index (κ2) is 6.95. The lowest BCUT2D eigenvalue weighted by molar-refractivity contribution is 0.299. The quantitative estimate of drug-likeness (QED) is 0.627. The molecule has 1 aromatic carbocycles. The Morgan fingerprint density at radius 1 is 1.47 bits per heavy atom. The predicted molar refractivity (Wildman–Crippen MR) is 69.4 cm³/mol. The number of hydrogen-bond acceptors (Lipinski definition) is 3. The third kappa shape index (κ3) is 4.90. The van der Waals surface area contributed by atoms with Crippen LogP contribution in [0.5, 0.6) is 5.75 Å². The van der Waals surface area contributed by atoms with Gasteiger partial charge >= 0.3 is 0 Å². The maximum atomic E-state index is 11.7. The molecule has 0 amide bonds. The van der Waals surface area contributed by atoms with E-state index in [0.29, 0.717) is 19.4 Å². The van der Waals surface area contributed by atoms with E-state index in [0.717, 1.165) is 10.6 Å². The molecule has 0 saturated heterocycles. The lowest BCUT2D eigenvalue weighted by Crippen LogP contribution is -2.30. The van der Waals surface area contributed by atoms with Gasteiger partial charge in [-0.25, -0.2) is 0 Å². The highest BCUT2D eigenvalue weighted by atomic mass is 16.5. The molecule has 0 aromatic heterocycles. The van der Waals surface area contributed by atoms with Gasteiger partial charge in [-0.05, 0) is 43.6 Å². The Hall–Kier alpha value is -1.50. The Bertz CT molecular complexity index is 406. The fourth-order valence-corrected chi connectivity index (χ4v) is 1.64. The first-order chi connectivity index (χ1) is 8.13. The number of hydroxylamine groups is 2. The van der Waals surface area contributed by atoms with E-state index in [1.54, 1.807) is 25.1 Å². The summed E-state index contributed by atoms with van der Waals surface area (Å²) in [4.78, 5) is 0. The molecule has 1 aromatic rings. The number of benzene rings is 1. The summed E-state index contributed by atoms with van der Waals surface area (Å²) in [6.45, 7) is 4.09. The standard InChI is InChI=1S/C14H18NO2/c1-3-4-5-9-15(17)12(2)10-13-7-6-8-14(16)11-13/h6-8,11-12,16H,5,9-10H2,1-2H3/q-1/t12-/m1/s1. The Morgan fingerprint density at radius 3 is 2.88 bits per heavy atom. The molecule has 0 aliphatic heterocycles. The van der Waals surface area contributed by atoms with Crippen molar-refractivity contribution in [3.05, 3.63) is 35.0 Å². The van der Waals surface area contributed by atoms with Gasteiger partial charge in [0.25, 0.3) is 0 Å². The lowest BCUT2D eigenvalue weighted by atomic mass is 10.1. The molecule has 17 heavy (non-hydrogen) atoms. The molecule has 1 N–H and O–H groups in total. The lowest BCUT2D eigenvalue weighted by Gasteiger charge is -2.34. The van der Waals surface area contributed by atoms with Crippen LogP contribution in [0.25, 0.3) is 0 Å². The summed E-state index contributed by atoms with van der Waals surface area (Å²) in [6.07, 6.45) is 1.24. The van der Waals surface area contributed by atoms with Crippen molar-refractivity contribution in [2.24, 2.45) is 0 Å². The fraction of sp³-hybridized carbons (Fsp3) is 0.429. The van der Waals surface area contributed by atoms with Crippen LogP contribution in [0.4, 0.5) is 0 Å². The second-order valence-corrected chi connectivity index (χ2v) is 4.04. The molecule has 0 radical (unpaired) electrons. The van der Waals surface area contributed by atoms with Crippen molar-refractivity contribution in [1.82, 2.24) is 5.06 Å². The van der Waals surface area contributed by atoms with Gasteiger partial charge in [-0.1, -0.05) is 19.1 Å². The summed E-state index contributed by atoms with van der Waals surface area (Å²) in [7, 11) is 0. The topological polar surface area (TPSA) is 46.5 Å². The average molecular weight is 232 g/mol. The first-order valence-corrected chi connectivity index (χ1v) is 5.74. The molecule has 3 nitrogen and oxygen atoms in total. The zero-order chi connectivity index (χ0) is 12.7. The van der Waals surface area contributed by atoms with Gasteiger partial charge in [-0.2, -0.15) is 0 Å². The van der Waals surface area contributed by atoms with Crippen molar-refractivity contribution in [2.45, 2.75) is 32.7 Å². The molecule has 0 spiro atoms. The molecular weight excluding hydrogens is 214 g/mol. The summed E-state index contributed by atoms with van der Waals surface area (Å²) >= 11 is 0. The minimum absolute atomic E-state index is 0.101. The molecule has 92 valence electrons. The Labute approximate surface area is 103 Å². The van der Waals surface area contributed by atoms with E-state index in [1.165, 1.54) is 0 Å². The Kier molecular flexibility index (Phi) is 5.55. The fourth-order valence-electron chi connectivity index (χ4n) is 1.64. The zero-order valence-corrected chi connectivity index (χ0v) is 10.3. The van der Waals surface area contributed by atoms with Crippen LogP contribution >= 0.6 is 0 Å². The minimum Gasteiger partial charge on any atom is -0.785 e. The first kappa shape index (κ1) is 13.6. The summed E-state index contributed by atoms with van der Waals surface area (Å²) in [6, 6.07) is 6.91. The van der Waals surface area contributed by atoms with E-state index in [4.69, 9.17) is 0 Å². The molecular formula is C14H18NO2-. The first-order valence-electron chi connectivity index (χ1n) is 5.74. The number of aromatic hydroxyl groups is 1. The molecule has 1 atom stereocenters. The third-order valence-electron chi connectivity index (χ3n) is 2.57. The summed E-state index contributed by atoms with van der Waals surface area (Å²) in [5, 5.41) is 22.1. The molecule has 0 saturated carbocycles. The Morgan fingerprint density at radius 2 is 2.24 bits per heavy atom. The summed E-state index contributed by atoms with van der Waals surface area (Å²) < 4.78 is 0. The van der Waals surface area contributed by atoms with Crippen molar-refractivity contribution in [3.63, 3.8) is 0 Å². The monoisotopic (exact) mass is 232 g/mol. The Balaban J connectivity index is 2.47. The maximum Gasteiger partial charge on any atom is 0.115 e. The largest absolute Gasteiger partial charge is 0.785 e. The van der Waals surface area contributed by atoms with Crippen LogP contribution < -0.4 is 0 Å². The van der Waals surface area contributed by atoms with Gasteiger partial charge in [0, 0.05) is 6.42 Å². The maximum absolute atomic E-state index is 11.7. The van der Waals surface area contributed by atoms with Gasteiger partial charge in [0.15, 0.2) is 0 Å². The van der Waals surface area contributed by atoms with Gasteiger partial charge in [-0.15, -0.1) is 11.8 Å². The van der Waals surface area contributed by atoms with Crippen molar-refractivity contribution in [1.29, 1.82) is 0 Å². The van der Waals surface area contributed by atoms with E-state index in [-0.39, 0.29) is 11.8 Å². The van der Waals surface area contributed by atoms with Crippen LogP contribution in [0.3, 0.4) is 0 Å². The normalized spacial score (nSPS) is 12.0. The van der Waals surface area contributed by atoms with Gasteiger partial charge in [0.2, 0.25) is 0 Å². The van der Waals surface area contributed by atoms with Crippen molar-refractivity contribution >= 4 is 0 Å². The van der Waals surface area contributed by atoms with Crippen LogP contribution in [0.15, 0.2) is 24.3 Å². The van der Waals surface area contributed by atoms with E-state index in [1.807, 2.05) is 13.0 Å². The highest BCUT2D eigenvalue weighted by Gasteiger charge is 2.05. The van der Waals surface area contributed by atoms with E-state index in [2.05, 4.69) is 11.8 Å². The van der Waals surface area contributed by atoms with Gasteiger partial charge in [-0.3, -0.25) is 0 Å². The second-order valence-electron chi connectivity index (χ2n) is 4.04. The average Bonchev–Trinajstić information content (AvgIpc) is 2.29. The van der Waals surface area contributed by atoms with Crippen LogP contribution in [-0.4, -0.2) is 22.8 Å². The number of phenols is 1. The van der Waals surface area contributed by atoms with Crippen molar-refractivity contribution < 1.29 is 5.11 Å². The van der Waals surface area contributed by atoms with E-state index >= 15 is 0 Å². The number of nitrogens with zero attached hydrogens (tertiary/aromatic N) is 1. The van der Waals surface area contributed by atoms with Crippen molar-refractivity contribution in [3.8, 4) is 17.6 Å². The third-order valence-corrected chi connectivity index (χ3v) is 2.57. The van der Waals surface area contributed by atoms with Gasteiger partial charge in [0.1, 0.15) is 5.75 Å². The number of hydrogen-bond donors (Lipinski definition) is 1. The van der Waals surface area contributed by atoms with E-state index in [9.17, 15) is 10.3 Å². The molecule has 0 heterocycles. The number of rotatable bonds is 5. The molecule has 1 rings (SSSR count). The highest BCUT2D eigenvalue weighted by molar-refractivity contribution is 5.27. The summed E-state index contributed by atoms with van der Waals surface area (Å²) in [5.41, 5.74) is 0.972. The highest BCUT2D eigenvalue weighted by Crippen LogP contribution is 2.14. The van der Waals surface area contributed by atoms with Crippen LogP contribution in [0.2, 0.25) is 0 Å². The van der Waals surface area contributed by atoms with Gasteiger partial charge < -0.3 is 15.4 Å². The van der Waals surface area contributed by atoms with Crippen molar-refractivity contribution in [2.75, 3.05) is 6.54 Å². The zero-order valence-electron chi connectivity index (χ0n) is 10.3. The molecule has 0 unspecified atom stereocenters. The van der Waals surface area contributed by atoms with Crippen LogP contribution in [0.1, 0.15) is 25.8 Å². The molecule has 3 heteroatoms. The summed E-state index contributed by atoms with van der Waals surface area (Å²) in [5.74, 6) is 5.89. The molecule has 0 aliphatic rings. The smallest absolute Gasteiger partial charge is 0.115 e. The number of phenolic OH excluding ortho intramolecular Hbond substituents is 1. The predicted octanol–water partition coefficient (Wildman–Crippen LogP) is 2.54. The SMILES string of the molecule is CC#CCCN([O-])[C@H](C)Cc1cccc(O)c1. The van der Waals surface area contributed by atoms with Crippen LogP contribution in [-0.2, 0) is 6.42 Å².